The van der Waals surface area contributed by atoms with E-state index in [0.29, 0.717) is 16.7 Å². The molecule has 2 aromatic rings. The summed E-state index contributed by atoms with van der Waals surface area (Å²) in [5, 5.41) is 22.1. The maximum absolute atomic E-state index is 12.0. The van der Waals surface area contributed by atoms with Gasteiger partial charge in [-0.25, -0.2) is 9.79 Å². The predicted octanol–water partition coefficient (Wildman–Crippen LogP) is 3.71. The van der Waals surface area contributed by atoms with Crippen LogP contribution in [0, 0.1) is 27.2 Å². The molecule has 0 unspecified atom stereocenters. The fraction of sp³-hybridized carbons (Fsp3) is 0.0526. The van der Waals surface area contributed by atoms with Gasteiger partial charge >= 0.3 is 5.97 Å². The van der Waals surface area contributed by atoms with Gasteiger partial charge in [-0.15, -0.1) is 0 Å². The van der Waals surface area contributed by atoms with Crippen LogP contribution in [0.2, 0.25) is 0 Å². The van der Waals surface area contributed by atoms with Crippen molar-refractivity contribution in [3.8, 4) is 0 Å². The van der Waals surface area contributed by atoms with Crippen LogP contribution in [0.25, 0.3) is 6.08 Å². The summed E-state index contributed by atoms with van der Waals surface area (Å²) in [6.45, 7) is 1.60. The average Bonchev–Trinajstić information content (AvgIpc) is 3.03. The molecule has 0 bridgehead atoms. The number of nitro groups is 2. The second-order valence-electron chi connectivity index (χ2n) is 5.79. The third-order valence-corrected chi connectivity index (χ3v) is 3.94. The Morgan fingerprint density at radius 2 is 1.75 bits per heavy atom. The highest BCUT2D eigenvalue weighted by Crippen LogP contribution is 2.24. The first-order valence-electron chi connectivity index (χ1n) is 8.05. The molecule has 9 nitrogen and oxygen atoms in total. The molecule has 0 saturated carbocycles. The number of esters is 1. The van der Waals surface area contributed by atoms with Crippen LogP contribution in [0.3, 0.4) is 0 Å². The quantitative estimate of drug-likeness (QED) is 0.337. The molecule has 0 spiro atoms. The van der Waals surface area contributed by atoms with Crippen molar-refractivity contribution >= 4 is 29.3 Å². The van der Waals surface area contributed by atoms with Gasteiger partial charge in [0, 0.05) is 23.3 Å². The van der Waals surface area contributed by atoms with Crippen LogP contribution in [-0.2, 0) is 9.53 Å². The Hall–Kier alpha value is -4.14. The van der Waals surface area contributed by atoms with Crippen molar-refractivity contribution in [3.05, 3.63) is 97.2 Å². The molecule has 1 heterocycles. The minimum Gasteiger partial charge on any atom is -0.402 e. The minimum absolute atomic E-state index is 0.0203. The molecule has 28 heavy (non-hydrogen) atoms. The van der Waals surface area contributed by atoms with Crippen molar-refractivity contribution in [2.45, 2.75) is 6.92 Å². The summed E-state index contributed by atoms with van der Waals surface area (Å²) >= 11 is 0. The third kappa shape index (κ3) is 3.83. The minimum atomic E-state index is -0.717. The molecule has 0 aliphatic carbocycles. The van der Waals surface area contributed by atoms with E-state index in [9.17, 15) is 25.0 Å². The Kier molecular flexibility index (Phi) is 5.07. The molecule has 1 aliphatic rings. The molecule has 0 N–H and O–H groups in total. The lowest BCUT2D eigenvalue weighted by molar-refractivity contribution is -0.385. The van der Waals surface area contributed by atoms with E-state index in [1.54, 1.807) is 37.3 Å². The van der Waals surface area contributed by atoms with Crippen molar-refractivity contribution in [2.24, 2.45) is 4.99 Å². The highest BCUT2D eigenvalue weighted by atomic mass is 16.6. The largest absolute Gasteiger partial charge is 0.402 e. The van der Waals surface area contributed by atoms with Crippen molar-refractivity contribution < 1.29 is 19.4 Å². The Morgan fingerprint density at radius 3 is 2.46 bits per heavy atom. The van der Waals surface area contributed by atoms with Gasteiger partial charge in [0.05, 0.1) is 15.4 Å². The molecule has 0 fully saturated rings. The van der Waals surface area contributed by atoms with E-state index in [1.165, 1.54) is 30.4 Å². The molecule has 2 aromatic carbocycles. The summed E-state index contributed by atoms with van der Waals surface area (Å²) in [5.41, 5.74) is 0.952. The number of carbonyl (C=O) groups excluding carboxylic acids is 1. The monoisotopic (exact) mass is 379 g/mol. The van der Waals surface area contributed by atoms with Crippen LogP contribution in [0.15, 0.2) is 65.3 Å². The first-order valence-corrected chi connectivity index (χ1v) is 8.05. The summed E-state index contributed by atoms with van der Waals surface area (Å²) in [6, 6.07) is 10.6. The zero-order valence-electron chi connectivity index (χ0n) is 14.6. The van der Waals surface area contributed by atoms with Crippen molar-refractivity contribution in [2.75, 3.05) is 0 Å². The number of allylic oxidation sites excluding steroid dienone is 2. The number of hydrogen-bond acceptors (Lipinski definition) is 7. The van der Waals surface area contributed by atoms with Crippen LogP contribution in [0.4, 0.5) is 11.4 Å². The topological polar surface area (TPSA) is 125 Å². The Labute approximate surface area is 158 Å². The number of para-hydroxylation sites is 1. The fourth-order valence-electron chi connectivity index (χ4n) is 2.52. The molecule has 0 amide bonds. The van der Waals surface area contributed by atoms with E-state index in [0.717, 1.165) is 0 Å². The molecule has 0 atom stereocenters. The zero-order valence-corrected chi connectivity index (χ0v) is 14.6. The van der Waals surface area contributed by atoms with E-state index in [-0.39, 0.29) is 23.0 Å². The molecule has 140 valence electrons. The van der Waals surface area contributed by atoms with E-state index in [1.807, 2.05) is 0 Å². The number of nitrogens with zero attached hydrogens (tertiary/aromatic N) is 3. The second-order valence-corrected chi connectivity index (χ2v) is 5.79. The Bertz CT molecular complexity index is 1080. The number of hydrogen-bond donors (Lipinski definition) is 0. The second kappa shape index (κ2) is 7.62. The summed E-state index contributed by atoms with van der Waals surface area (Å²) in [4.78, 5) is 37.1. The summed E-state index contributed by atoms with van der Waals surface area (Å²) in [5.74, 6) is -0.760. The van der Waals surface area contributed by atoms with E-state index >= 15 is 0 Å². The Morgan fingerprint density at radius 1 is 1.04 bits per heavy atom. The molecule has 0 radical (unpaired) electrons. The van der Waals surface area contributed by atoms with Crippen molar-refractivity contribution in [1.82, 2.24) is 0 Å². The number of carbonyl (C=O) groups is 1. The standard InChI is InChI=1S/C19H13N3O6/c1-12-9-10-14(11-17(12)22(26)27)18-20-15(19(23)28-18)7-4-6-13-5-2-3-8-16(13)21(24)25/h2-11H,1H3. The Balaban J connectivity index is 1.87. The van der Waals surface area contributed by atoms with Gasteiger partial charge in [0.25, 0.3) is 11.4 Å². The lowest BCUT2D eigenvalue weighted by Gasteiger charge is -2.01. The molecular weight excluding hydrogens is 366 g/mol. The normalized spacial score (nSPS) is 15.0. The van der Waals surface area contributed by atoms with Crippen LogP contribution < -0.4 is 0 Å². The van der Waals surface area contributed by atoms with Gasteiger partial charge in [-0.1, -0.05) is 24.3 Å². The first-order chi connectivity index (χ1) is 13.4. The van der Waals surface area contributed by atoms with Gasteiger partial charge in [0.2, 0.25) is 5.90 Å². The van der Waals surface area contributed by atoms with Crippen molar-refractivity contribution in [3.63, 3.8) is 0 Å². The highest BCUT2D eigenvalue weighted by molar-refractivity contribution is 6.11. The van der Waals surface area contributed by atoms with Gasteiger partial charge in [-0.05, 0) is 31.2 Å². The highest BCUT2D eigenvalue weighted by Gasteiger charge is 2.25. The average molecular weight is 379 g/mol. The molecule has 9 heteroatoms. The number of aliphatic imine (C=N–C) groups is 1. The molecule has 1 aliphatic heterocycles. The summed E-state index contributed by atoms with van der Waals surface area (Å²) in [7, 11) is 0. The number of nitro benzene ring substituents is 2. The molecular formula is C19H13N3O6. The first kappa shape index (κ1) is 18.6. The number of rotatable bonds is 5. The molecule has 3 rings (SSSR count). The third-order valence-electron chi connectivity index (χ3n) is 3.94. The van der Waals surface area contributed by atoms with Gasteiger partial charge in [0.1, 0.15) is 0 Å². The maximum Gasteiger partial charge on any atom is 0.363 e. The van der Waals surface area contributed by atoms with E-state index in [4.69, 9.17) is 4.74 Å². The van der Waals surface area contributed by atoms with Gasteiger partial charge in [-0.3, -0.25) is 20.2 Å². The fourth-order valence-corrected chi connectivity index (χ4v) is 2.52. The summed E-state index contributed by atoms with van der Waals surface area (Å²) < 4.78 is 5.08. The van der Waals surface area contributed by atoms with Gasteiger partial charge < -0.3 is 4.74 Å². The number of benzene rings is 2. The zero-order chi connectivity index (χ0) is 20.3. The summed E-state index contributed by atoms with van der Waals surface area (Å²) in [6.07, 6.45) is 4.28. The molecule has 0 aromatic heterocycles. The number of aryl methyl sites for hydroxylation is 1. The maximum atomic E-state index is 12.0. The smallest absolute Gasteiger partial charge is 0.363 e. The van der Waals surface area contributed by atoms with Gasteiger partial charge in [0.15, 0.2) is 5.70 Å². The van der Waals surface area contributed by atoms with Crippen molar-refractivity contribution in [1.29, 1.82) is 0 Å². The van der Waals surface area contributed by atoms with E-state index in [2.05, 4.69) is 4.99 Å². The van der Waals surface area contributed by atoms with Crippen LogP contribution in [0.5, 0.6) is 0 Å². The van der Waals surface area contributed by atoms with E-state index < -0.39 is 15.8 Å². The van der Waals surface area contributed by atoms with Crippen LogP contribution >= 0.6 is 0 Å². The SMILES string of the molecule is Cc1ccc(C2=NC(=CC=Cc3ccccc3[N+](=O)[O-])C(=O)O2)cc1[N+](=O)[O-]. The lowest BCUT2D eigenvalue weighted by atomic mass is 10.1. The number of cyclic esters (lactones) is 1. The van der Waals surface area contributed by atoms with Gasteiger partial charge in [-0.2, -0.15) is 0 Å². The number of ether oxygens (including phenoxy) is 1. The lowest BCUT2D eigenvalue weighted by Crippen LogP contribution is -2.06. The van der Waals surface area contributed by atoms with Crippen LogP contribution in [-0.4, -0.2) is 21.7 Å². The van der Waals surface area contributed by atoms with Crippen LogP contribution in [0.1, 0.15) is 16.7 Å². The molecule has 0 saturated heterocycles. The predicted molar refractivity (Wildman–Crippen MR) is 101 cm³/mol.